The van der Waals surface area contributed by atoms with E-state index in [9.17, 15) is 9.90 Å². The Morgan fingerprint density at radius 2 is 1.82 bits per heavy atom. The van der Waals surface area contributed by atoms with Crippen LogP contribution in [0.1, 0.15) is 84.1 Å². The van der Waals surface area contributed by atoms with Gasteiger partial charge in [0.2, 0.25) is 11.8 Å². The maximum atomic E-state index is 12.0. The molecule has 39 heavy (non-hydrogen) atoms. The van der Waals surface area contributed by atoms with Crippen LogP contribution in [0.25, 0.3) is 33.8 Å². The van der Waals surface area contributed by atoms with Gasteiger partial charge in [-0.05, 0) is 66.9 Å². The average molecular weight is 524 g/mol. The van der Waals surface area contributed by atoms with Crippen LogP contribution in [-0.4, -0.2) is 39.1 Å². The van der Waals surface area contributed by atoms with Crippen LogP contribution in [0.5, 0.6) is 0 Å². The van der Waals surface area contributed by atoms with Crippen molar-refractivity contribution in [2.45, 2.75) is 63.8 Å². The molecule has 0 radical (unpaired) electrons. The van der Waals surface area contributed by atoms with Crippen LogP contribution in [0, 0.1) is 5.92 Å². The molecule has 0 amide bonds. The Hall–Kier alpha value is -3.71. The molecule has 1 N–H and O–H groups in total. The Balaban J connectivity index is 1.37. The maximum Gasteiger partial charge on any atom is 0.335 e. The summed E-state index contributed by atoms with van der Waals surface area (Å²) in [6.45, 7) is 2.12. The quantitative estimate of drug-likeness (QED) is 0.304. The largest absolute Gasteiger partial charge is 0.478 e. The molecule has 1 aliphatic carbocycles. The zero-order chi connectivity index (χ0) is 26.3. The van der Waals surface area contributed by atoms with Crippen molar-refractivity contribution < 1.29 is 19.1 Å². The number of carboxylic acids is 1. The van der Waals surface area contributed by atoms with Gasteiger partial charge in [0, 0.05) is 41.7 Å². The van der Waals surface area contributed by atoms with Crippen LogP contribution >= 0.6 is 0 Å². The first-order chi connectivity index (χ1) is 19.2. The molecule has 7 nitrogen and oxygen atoms in total. The molecular formula is C32H33N3O4. The third-order valence-electron chi connectivity index (χ3n) is 8.78. The van der Waals surface area contributed by atoms with E-state index in [1.54, 1.807) is 6.07 Å². The number of nitrogens with zero attached hydrogens (tertiary/aromatic N) is 3. The van der Waals surface area contributed by atoms with Crippen LogP contribution in [0.15, 0.2) is 46.9 Å². The Kier molecular flexibility index (Phi) is 6.31. The van der Waals surface area contributed by atoms with Gasteiger partial charge in [0.25, 0.3) is 0 Å². The maximum absolute atomic E-state index is 12.0. The third-order valence-corrected chi connectivity index (χ3v) is 8.78. The summed E-state index contributed by atoms with van der Waals surface area (Å²) in [5, 5.41) is 19.9. The van der Waals surface area contributed by atoms with Crippen molar-refractivity contribution in [3.63, 3.8) is 0 Å². The predicted molar refractivity (Wildman–Crippen MR) is 150 cm³/mol. The standard InChI is InChI=1S/C32H33N3O4/c36-32(37)23-10-11-26-27(18-23)35-19-24(31-34-33-28(39-31)16-20-12-14-38-15-13-20)17-22-8-4-5-9-25(22)30(35)29(26)21-6-2-1-3-7-21/h4-5,8-11,17-18,20-21H,1-3,6-7,12-16,19H2,(H,36,37). The second-order valence-corrected chi connectivity index (χ2v) is 11.2. The van der Waals surface area contributed by atoms with Crippen LogP contribution in [0.2, 0.25) is 0 Å². The Morgan fingerprint density at radius 1 is 1.00 bits per heavy atom. The fourth-order valence-electron chi connectivity index (χ4n) is 6.80. The molecule has 2 aromatic carbocycles. The van der Waals surface area contributed by atoms with Crippen LogP contribution in [0.3, 0.4) is 0 Å². The molecule has 7 rings (SSSR count). The van der Waals surface area contributed by atoms with Gasteiger partial charge in [-0.3, -0.25) is 0 Å². The molecule has 2 fully saturated rings. The van der Waals surface area contributed by atoms with E-state index in [0.717, 1.165) is 67.4 Å². The van der Waals surface area contributed by atoms with E-state index >= 15 is 0 Å². The smallest absolute Gasteiger partial charge is 0.335 e. The topological polar surface area (TPSA) is 90.4 Å². The number of benzene rings is 2. The molecule has 0 bridgehead atoms. The number of allylic oxidation sites excluding steroid dienone is 1. The summed E-state index contributed by atoms with van der Waals surface area (Å²) < 4.78 is 14.1. The SMILES string of the molecule is O=C(O)c1ccc2c(C3CCCCC3)c3n(c2c1)CC(c1nnc(CC2CCOCC2)o1)=Cc1ccccc1-3. The van der Waals surface area contributed by atoms with Crippen molar-refractivity contribution in [2.75, 3.05) is 13.2 Å². The van der Waals surface area contributed by atoms with E-state index in [1.807, 2.05) is 12.1 Å². The first-order valence-corrected chi connectivity index (χ1v) is 14.3. The summed E-state index contributed by atoms with van der Waals surface area (Å²) in [5.41, 5.74) is 7.04. The summed E-state index contributed by atoms with van der Waals surface area (Å²) in [6.07, 6.45) is 11.0. The number of ether oxygens (including phenoxy) is 1. The lowest BCUT2D eigenvalue weighted by molar-refractivity contribution is 0.0646. The van der Waals surface area contributed by atoms with E-state index in [2.05, 4.69) is 45.1 Å². The Labute approximate surface area is 227 Å². The first-order valence-electron chi connectivity index (χ1n) is 14.3. The highest BCUT2D eigenvalue weighted by molar-refractivity contribution is 6.00. The summed E-state index contributed by atoms with van der Waals surface area (Å²) in [5.74, 6) is 1.26. The van der Waals surface area contributed by atoms with Crippen molar-refractivity contribution in [1.29, 1.82) is 0 Å². The number of hydrogen-bond donors (Lipinski definition) is 1. The van der Waals surface area contributed by atoms with Gasteiger partial charge in [-0.2, -0.15) is 0 Å². The number of carboxylic acid groups (broad SMARTS) is 1. The Bertz CT molecular complexity index is 1570. The lowest BCUT2D eigenvalue weighted by Crippen LogP contribution is -2.17. The monoisotopic (exact) mass is 523 g/mol. The number of hydrogen-bond acceptors (Lipinski definition) is 5. The minimum Gasteiger partial charge on any atom is -0.478 e. The van der Waals surface area contributed by atoms with Gasteiger partial charge in [0.05, 0.1) is 17.8 Å². The first kappa shape index (κ1) is 24.3. The van der Waals surface area contributed by atoms with Crippen LogP contribution in [-0.2, 0) is 17.7 Å². The molecule has 3 aliphatic rings. The molecule has 0 unspecified atom stereocenters. The zero-order valence-corrected chi connectivity index (χ0v) is 22.1. The van der Waals surface area contributed by atoms with Crippen molar-refractivity contribution >= 4 is 28.5 Å². The summed E-state index contributed by atoms with van der Waals surface area (Å²) in [4.78, 5) is 12.0. The van der Waals surface area contributed by atoms with E-state index in [0.29, 0.717) is 35.7 Å². The molecule has 200 valence electrons. The molecule has 1 saturated carbocycles. The van der Waals surface area contributed by atoms with Crippen molar-refractivity contribution in [2.24, 2.45) is 5.92 Å². The molecule has 2 aromatic heterocycles. The summed E-state index contributed by atoms with van der Waals surface area (Å²) >= 11 is 0. The Morgan fingerprint density at radius 3 is 2.64 bits per heavy atom. The van der Waals surface area contributed by atoms with Gasteiger partial charge in [0.1, 0.15) is 0 Å². The fourth-order valence-corrected chi connectivity index (χ4v) is 6.80. The third kappa shape index (κ3) is 4.48. The minimum absolute atomic E-state index is 0.303. The van der Waals surface area contributed by atoms with Crippen molar-refractivity contribution in [1.82, 2.24) is 14.8 Å². The minimum atomic E-state index is -0.911. The van der Waals surface area contributed by atoms with E-state index < -0.39 is 5.97 Å². The normalized spacial score (nSPS) is 18.4. The van der Waals surface area contributed by atoms with Gasteiger partial charge < -0.3 is 18.8 Å². The zero-order valence-electron chi connectivity index (χ0n) is 22.1. The number of fused-ring (bicyclic) bond motifs is 5. The van der Waals surface area contributed by atoms with Gasteiger partial charge in [-0.15, -0.1) is 10.2 Å². The van der Waals surface area contributed by atoms with Crippen molar-refractivity contribution in [3.05, 3.63) is 70.9 Å². The lowest BCUT2D eigenvalue weighted by atomic mass is 9.81. The molecule has 0 spiro atoms. The second kappa shape index (κ2) is 10.1. The molecule has 4 heterocycles. The highest BCUT2D eigenvalue weighted by atomic mass is 16.5. The second-order valence-electron chi connectivity index (χ2n) is 11.2. The number of rotatable bonds is 5. The summed E-state index contributed by atoms with van der Waals surface area (Å²) in [6, 6.07) is 14.1. The fraction of sp³-hybridized carbons (Fsp3) is 0.406. The molecule has 7 heteroatoms. The molecule has 2 aliphatic heterocycles. The molecular weight excluding hydrogens is 490 g/mol. The van der Waals surface area contributed by atoms with E-state index in [4.69, 9.17) is 9.15 Å². The number of aromatic carboxylic acids is 1. The van der Waals surface area contributed by atoms with E-state index in [-0.39, 0.29) is 0 Å². The number of aromatic nitrogens is 3. The van der Waals surface area contributed by atoms with Crippen LogP contribution in [0.4, 0.5) is 0 Å². The lowest BCUT2D eigenvalue weighted by Gasteiger charge is -2.24. The molecule has 1 saturated heterocycles. The predicted octanol–water partition coefficient (Wildman–Crippen LogP) is 6.96. The molecule has 0 atom stereocenters. The average Bonchev–Trinajstić information content (AvgIpc) is 3.51. The highest BCUT2D eigenvalue weighted by Gasteiger charge is 2.30. The highest BCUT2D eigenvalue weighted by Crippen LogP contribution is 2.47. The van der Waals surface area contributed by atoms with E-state index in [1.165, 1.54) is 36.1 Å². The number of carbonyl (C=O) groups is 1. The van der Waals surface area contributed by atoms with Crippen molar-refractivity contribution in [3.8, 4) is 11.3 Å². The van der Waals surface area contributed by atoms with Gasteiger partial charge in [-0.25, -0.2) is 4.79 Å². The summed E-state index contributed by atoms with van der Waals surface area (Å²) in [7, 11) is 0. The van der Waals surface area contributed by atoms with Crippen LogP contribution < -0.4 is 0 Å². The van der Waals surface area contributed by atoms with Gasteiger partial charge in [0.15, 0.2) is 0 Å². The van der Waals surface area contributed by atoms with Gasteiger partial charge in [-0.1, -0.05) is 49.6 Å². The van der Waals surface area contributed by atoms with Gasteiger partial charge >= 0.3 is 5.97 Å². The molecule has 4 aromatic rings.